The number of hydrogen-bond donors (Lipinski definition) is 2. The van der Waals surface area contributed by atoms with Crippen LogP contribution in [0.4, 0.5) is 15.8 Å². The van der Waals surface area contributed by atoms with Crippen LogP contribution in [0.5, 0.6) is 0 Å². The standard InChI is InChI=1S/C29H35FN4O/c30-22-11-9-20-10-12-25(32-26(20)19-22)28(29(35)21-5-2-1-3-6-21)34-17-15-33(16-18-34)27-8-4-7-24-23(27)13-14-31-24/h4,7-9,11,13-14,19,21,25,28,31-32H,1-3,5-6,10,12,15-18H2. The van der Waals surface area contributed by atoms with E-state index in [0.717, 1.165) is 81.5 Å². The molecule has 2 N–H and O–H groups in total. The Bertz CT molecular complexity index is 1190. The first-order valence-corrected chi connectivity index (χ1v) is 13.3. The molecule has 2 aromatic carbocycles. The number of halogens is 1. The second kappa shape index (κ2) is 9.65. The van der Waals surface area contributed by atoms with Gasteiger partial charge < -0.3 is 15.2 Å². The number of aromatic amines is 1. The van der Waals surface area contributed by atoms with Gasteiger partial charge in [-0.3, -0.25) is 9.69 Å². The Kier molecular flexibility index (Phi) is 6.23. The van der Waals surface area contributed by atoms with Crippen LogP contribution in [0.25, 0.3) is 10.9 Å². The van der Waals surface area contributed by atoms with Gasteiger partial charge in [-0.2, -0.15) is 0 Å². The number of piperazine rings is 1. The topological polar surface area (TPSA) is 51.4 Å². The number of aryl methyl sites for hydroxylation is 1. The SMILES string of the molecule is O=C(C1CCCCC1)C(C1CCc2ccc(F)cc2N1)N1CCN(c2cccc3[nH]ccc23)CC1. The van der Waals surface area contributed by atoms with Gasteiger partial charge in [0.2, 0.25) is 0 Å². The number of anilines is 2. The number of ketones is 1. The molecule has 0 spiro atoms. The summed E-state index contributed by atoms with van der Waals surface area (Å²) < 4.78 is 14.0. The Labute approximate surface area is 206 Å². The second-order valence-electron chi connectivity index (χ2n) is 10.5. The quantitative estimate of drug-likeness (QED) is 0.522. The van der Waals surface area contributed by atoms with Crippen molar-refractivity contribution in [2.24, 2.45) is 5.92 Å². The van der Waals surface area contributed by atoms with Crippen molar-refractivity contribution >= 4 is 28.1 Å². The maximum absolute atomic E-state index is 14.0. The zero-order chi connectivity index (χ0) is 23.8. The van der Waals surface area contributed by atoms with Crippen LogP contribution in [-0.2, 0) is 11.2 Å². The minimum Gasteiger partial charge on any atom is -0.380 e. The van der Waals surface area contributed by atoms with Crippen LogP contribution in [0.2, 0.25) is 0 Å². The highest BCUT2D eigenvalue weighted by Gasteiger charge is 2.40. The highest BCUT2D eigenvalue weighted by molar-refractivity contribution is 5.92. The third-order valence-electron chi connectivity index (χ3n) is 8.44. The van der Waals surface area contributed by atoms with E-state index in [0.29, 0.717) is 5.78 Å². The fraction of sp³-hybridized carbons (Fsp3) is 0.483. The van der Waals surface area contributed by atoms with Gasteiger partial charge in [-0.15, -0.1) is 0 Å². The number of carbonyl (C=O) groups excluding carboxylic acids is 1. The molecule has 1 saturated heterocycles. The van der Waals surface area contributed by atoms with Crippen LogP contribution < -0.4 is 10.2 Å². The lowest BCUT2D eigenvalue weighted by atomic mass is 9.80. The average Bonchev–Trinajstić information content (AvgIpc) is 3.39. The summed E-state index contributed by atoms with van der Waals surface area (Å²) in [6.07, 6.45) is 9.38. The number of nitrogens with one attached hydrogen (secondary N) is 2. The number of carbonyl (C=O) groups is 1. The van der Waals surface area contributed by atoms with E-state index in [2.05, 4.69) is 44.4 Å². The Morgan fingerprint density at radius 2 is 1.80 bits per heavy atom. The maximum atomic E-state index is 14.0. The fourth-order valence-electron chi connectivity index (χ4n) is 6.57. The van der Waals surface area contributed by atoms with Gasteiger partial charge in [-0.25, -0.2) is 4.39 Å². The van der Waals surface area contributed by atoms with Crippen molar-refractivity contribution in [2.75, 3.05) is 36.4 Å². The van der Waals surface area contributed by atoms with Crippen molar-refractivity contribution in [3.63, 3.8) is 0 Å². The van der Waals surface area contributed by atoms with Crippen LogP contribution in [-0.4, -0.2) is 53.9 Å². The Hall–Kier alpha value is -2.86. The minimum atomic E-state index is -0.223. The van der Waals surface area contributed by atoms with Gasteiger partial charge in [-0.05, 0) is 61.6 Å². The Morgan fingerprint density at radius 1 is 0.971 bits per heavy atom. The summed E-state index contributed by atoms with van der Waals surface area (Å²) in [6, 6.07) is 13.5. The lowest BCUT2D eigenvalue weighted by Gasteiger charge is -2.45. The van der Waals surface area contributed by atoms with E-state index in [1.165, 1.54) is 23.6 Å². The van der Waals surface area contributed by atoms with Crippen LogP contribution in [0, 0.1) is 11.7 Å². The van der Waals surface area contributed by atoms with Gasteiger partial charge in [-0.1, -0.05) is 31.4 Å². The molecule has 5 nitrogen and oxygen atoms in total. The van der Waals surface area contributed by atoms with E-state index in [1.807, 2.05) is 12.3 Å². The predicted molar refractivity (Wildman–Crippen MR) is 140 cm³/mol. The highest BCUT2D eigenvalue weighted by atomic mass is 19.1. The number of rotatable bonds is 5. The number of benzene rings is 2. The summed E-state index contributed by atoms with van der Waals surface area (Å²) in [5.41, 5.74) is 4.43. The summed E-state index contributed by atoms with van der Waals surface area (Å²) in [4.78, 5) is 22.2. The van der Waals surface area contributed by atoms with Crippen molar-refractivity contribution in [3.8, 4) is 0 Å². The van der Waals surface area contributed by atoms with Gasteiger partial charge in [0.05, 0.1) is 6.04 Å². The van der Waals surface area contributed by atoms with Crippen LogP contribution in [0.1, 0.15) is 44.1 Å². The number of nitrogens with zero attached hydrogens (tertiary/aromatic N) is 2. The first kappa shape index (κ1) is 22.6. The normalized spacial score (nSPS) is 22.5. The molecule has 2 aliphatic heterocycles. The van der Waals surface area contributed by atoms with E-state index >= 15 is 0 Å². The summed E-state index contributed by atoms with van der Waals surface area (Å²) in [6.45, 7) is 3.52. The molecule has 6 rings (SSSR count). The summed E-state index contributed by atoms with van der Waals surface area (Å²) in [7, 11) is 0. The molecular weight excluding hydrogens is 439 g/mol. The van der Waals surface area contributed by atoms with Crippen LogP contribution >= 0.6 is 0 Å². The number of H-pyrrole nitrogens is 1. The molecule has 0 bridgehead atoms. The Morgan fingerprint density at radius 3 is 2.63 bits per heavy atom. The number of aromatic nitrogens is 1. The maximum Gasteiger partial charge on any atom is 0.155 e. The van der Waals surface area contributed by atoms with E-state index in [4.69, 9.17) is 0 Å². The molecule has 2 unspecified atom stereocenters. The summed E-state index contributed by atoms with van der Waals surface area (Å²) in [5, 5.41) is 4.85. The van der Waals surface area contributed by atoms with E-state index in [-0.39, 0.29) is 23.8 Å². The molecule has 1 aromatic heterocycles. The minimum absolute atomic E-state index is 0.0263. The molecule has 2 fully saturated rings. The zero-order valence-electron chi connectivity index (χ0n) is 20.3. The van der Waals surface area contributed by atoms with Gasteiger partial charge in [0.25, 0.3) is 0 Å². The molecule has 184 valence electrons. The van der Waals surface area contributed by atoms with Crippen molar-refractivity contribution in [3.05, 3.63) is 60.0 Å². The van der Waals surface area contributed by atoms with Gasteiger partial charge in [0, 0.05) is 66.6 Å². The van der Waals surface area contributed by atoms with Crippen molar-refractivity contribution in [1.82, 2.24) is 9.88 Å². The lowest BCUT2D eigenvalue weighted by Crippen LogP contribution is -2.60. The molecule has 1 saturated carbocycles. The molecule has 3 heterocycles. The second-order valence-corrected chi connectivity index (χ2v) is 10.5. The van der Waals surface area contributed by atoms with Crippen molar-refractivity contribution < 1.29 is 9.18 Å². The molecular formula is C29H35FN4O. The molecule has 2 atom stereocenters. The van der Waals surface area contributed by atoms with E-state index in [9.17, 15) is 9.18 Å². The largest absolute Gasteiger partial charge is 0.380 e. The van der Waals surface area contributed by atoms with Gasteiger partial charge >= 0.3 is 0 Å². The average molecular weight is 475 g/mol. The van der Waals surface area contributed by atoms with E-state index < -0.39 is 0 Å². The first-order chi connectivity index (χ1) is 17.2. The zero-order valence-corrected chi connectivity index (χ0v) is 20.3. The number of fused-ring (bicyclic) bond motifs is 2. The van der Waals surface area contributed by atoms with Crippen LogP contribution in [0.15, 0.2) is 48.7 Å². The summed E-state index contributed by atoms with van der Waals surface area (Å²) in [5.74, 6) is 0.346. The third-order valence-corrected chi connectivity index (χ3v) is 8.44. The van der Waals surface area contributed by atoms with Crippen molar-refractivity contribution in [1.29, 1.82) is 0 Å². The summed E-state index contributed by atoms with van der Waals surface area (Å²) >= 11 is 0. The molecule has 6 heteroatoms. The number of hydrogen-bond acceptors (Lipinski definition) is 4. The molecule has 3 aromatic rings. The molecule has 35 heavy (non-hydrogen) atoms. The molecule has 0 amide bonds. The molecule has 0 radical (unpaired) electrons. The van der Waals surface area contributed by atoms with Gasteiger partial charge in [0.1, 0.15) is 5.82 Å². The monoisotopic (exact) mass is 474 g/mol. The van der Waals surface area contributed by atoms with Gasteiger partial charge in [0.15, 0.2) is 5.78 Å². The fourth-order valence-corrected chi connectivity index (χ4v) is 6.57. The van der Waals surface area contributed by atoms with Crippen molar-refractivity contribution in [2.45, 2.75) is 57.0 Å². The Balaban J connectivity index is 1.23. The molecule has 1 aliphatic carbocycles. The lowest BCUT2D eigenvalue weighted by molar-refractivity contribution is -0.130. The first-order valence-electron chi connectivity index (χ1n) is 13.3. The van der Waals surface area contributed by atoms with E-state index in [1.54, 1.807) is 6.07 Å². The molecule has 3 aliphatic rings. The highest BCUT2D eigenvalue weighted by Crippen LogP contribution is 2.33. The third kappa shape index (κ3) is 4.44. The number of Topliss-reactive ketones (excluding diaryl/α,β-unsaturated/α-hetero) is 1. The predicted octanol–water partition coefficient (Wildman–Crippen LogP) is 5.37. The smallest absolute Gasteiger partial charge is 0.155 e. The van der Waals surface area contributed by atoms with Crippen LogP contribution in [0.3, 0.4) is 0 Å².